The number of hydrogen-bond acceptors (Lipinski definition) is 7. The van der Waals surface area contributed by atoms with Crippen LogP contribution in [0, 0.1) is 5.82 Å². The van der Waals surface area contributed by atoms with Crippen LogP contribution < -0.4 is 5.32 Å². The number of thiophene rings is 1. The largest absolute Gasteiger partial charge is 0.345 e. The van der Waals surface area contributed by atoms with Crippen LogP contribution in [0.2, 0.25) is 5.02 Å². The van der Waals surface area contributed by atoms with E-state index >= 15 is 0 Å². The van der Waals surface area contributed by atoms with Crippen molar-refractivity contribution in [1.29, 1.82) is 0 Å². The van der Waals surface area contributed by atoms with E-state index in [1.807, 2.05) is 35.7 Å². The Labute approximate surface area is 260 Å². The van der Waals surface area contributed by atoms with Crippen molar-refractivity contribution in [2.24, 2.45) is 5.10 Å². The lowest BCUT2D eigenvalue weighted by Gasteiger charge is -2.22. The zero-order valence-electron chi connectivity index (χ0n) is 22.6. The molecule has 8 nitrogen and oxygen atoms in total. The van der Waals surface area contributed by atoms with Gasteiger partial charge >= 0.3 is 0 Å². The second kappa shape index (κ2) is 12.9. The number of aromatic nitrogens is 3. The highest BCUT2D eigenvalue weighted by Gasteiger charge is 2.33. The maximum Gasteiger partial charge on any atom is 0.253 e. The van der Waals surface area contributed by atoms with Crippen LogP contribution in [0.15, 0.2) is 107 Å². The van der Waals surface area contributed by atoms with E-state index in [-0.39, 0.29) is 36.0 Å². The summed E-state index contributed by atoms with van der Waals surface area (Å²) >= 11 is 9.06. The third-order valence-electron chi connectivity index (χ3n) is 6.76. The summed E-state index contributed by atoms with van der Waals surface area (Å²) in [6.45, 7) is 0.106. The Morgan fingerprint density at radius 2 is 1.81 bits per heavy atom. The number of amides is 2. The molecular formula is C31H24ClFN6O2S2. The first-order valence-corrected chi connectivity index (χ1v) is 15.6. The van der Waals surface area contributed by atoms with Crippen molar-refractivity contribution in [3.05, 3.63) is 129 Å². The van der Waals surface area contributed by atoms with E-state index in [1.54, 1.807) is 64.4 Å². The van der Waals surface area contributed by atoms with E-state index in [9.17, 15) is 14.0 Å². The maximum absolute atomic E-state index is 13.7. The van der Waals surface area contributed by atoms with Crippen molar-refractivity contribution in [2.75, 3.05) is 5.75 Å². The molecule has 2 aromatic heterocycles. The summed E-state index contributed by atoms with van der Waals surface area (Å²) in [7, 11) is 0. The van der Waals surface area contributed by atoms with E-state index in [2.05, 4.69) is 15.5 Å². The highest BCUT2D eigenvalue weighted by Crippen LogP contribution is 2.35. The van der Waals surface area contributed by atoms with E-state index in [0.29, 0.717) is 33.7 Å². The molecule has 3 aromatic carbocycles. The summed E-state index contributed by atoms with van der Waals surface area (Å²) in [6.07, 6.45) is 0.520. The molecule has 0 spiro atoms. The molecule has 0 bridgehead atoms. The topological polar surface area (TPSA) is 92.5 Å². The van der Waals surface area contributed by atoms with Gasteiger partial charge < -0.3 is 5.32 Å². The number of hydrazone groups is 1. The molecule has 0 unspecified atom stereocenters. The third-order valence-corrected chi connectivity index (χ3v) is 8.83. The van der Waals surface area contributed by atoms with Gasteiger partial charge in [0.15, 0.2) is 11.0 Å². The molecule has 1 aliphatic rings. The van der Waals surface area contributed by atoms with Gasteiger partial charge in [0.2, 0.25) is 0 Å². The lowest BCUT2D eigenvalue weighted by Crippen LogP contribution is -2.28. The lowest BCUT2D eigenvalue weighted by atomic mass is 10.0. The Hall–Kier alpha value is -4.32. The second-order valence-corrected chi connectivity index (χ2v) is 11.9. The summed E-state index contributed by atoms with van der Waals surface area (Å²) in [5.74, 6) is -0.319. The number of nitrogens with one attached hydrogen (secondary N) is 1. The zero-order chi connectivity index (χ0) is 29.8. The number of rotatable bonds is 9. The molecule has 0 fully saturated rings. The van der Waals surface area contributed by atoms with Crippen molar-refractivity contribution >= 4 is 52.2 Å². The summed E-state index contributed by atoms with van der Waals surface area (Å²) in [4.78, 5) is 27.3. The van der Waals surface area contributed by atoms with E-state index < -0.39 is 0 Å². The molecule has 12 heteroatoms. The summed E-state index contributed by atoms with van der Waals surface area (Å²) in [5, 5.41) is 20.7. The minimum atomic E-state index is -0.361. The molecule has 1 atom stereocenters. The molecule has 216 valence electrons. The number of carbonyl (C=O) groups is 2. The fourth-order valence-electron chi connectivity index (χ4n) is 4.70. The van der Waals surface area contributed by atoms with Gasteiger partial charge in [-0.25, -0.2) is 9.40 Å². The molecule has 2 amide bonds. The van der Waals surface area contributed by atoms with Gasteiger partial charge in [0, 0.05) is 17.0 Å². The number of benzene rings is 3. The smallest absolute Gasteiger partial charge is 0.253 e. The van der Waals surface area contributed by atoms with Crippen molar-refractivity contribution in [3.63, 3.8) is 0 Å². The van der Waals surface area contributed by atoms with Gasteiger partial charge in [-0.3, -0.25) is 14.2 Å². The van der Waals surface area contributed by atoms with Crippen molar-refractivity contribution in [3.8, 4) is 5.69 Å². The van der Waals surface area contributed by atoms with E-state index in [0.717, 1.165) is 16.2 Å². The van der Waals surface area contributed by atoms with Gasteiger partial charge in [0.25, 0.3) is 11.8 Å². The van der Waals surface area contributed by atoms with Crippen LogP contribution in [-0.2, 0) is 11.3 Å². The average Bonchev–Trinajstić information content (AvgIpc) is 3.80. The van der Waals surface area contributed by atoms with Gasteiger partial charge in [0.1, 0.15) is 5.82 Å². The molecule has 6 rings (SSSR count). The summed E-state index contributed by atoms with van der Waals surface area (Å²) < 4.78 is 15.4. The predicted molar refractivity (Wildman–Crippen MR) is 166 cm³/mol. The first-order chi connectivity index (χ1) is 21.0. The molecule has 0 saturated heterocycles. The Kier molecular flexibility index (Phi) is 8.64. The first kappa shape index (κ1) is 28.8. The van der Waals surface area contributed by atoms with Crippen LogP contribution in [0.1, 0.15) is 39.1 Å². The quantitative estimate of drug-likeness (QED) is 0.187. The molecule has 1 aliphatic heterocycles. The molecule has 43 heavy (non-hydrogen) atoms. The Bertz CT molecular complexity index is 1780. The number of thioether (sulfide) groups is 1. The second-order valence-electron chi connectivity index (χ2n) is 9.59. The molecule has 0 aliphatic carbocycles. The number of hydrogen-bond donors (Lipinski definition) is 1. The fourth-order valence-corrected chi connectivity index (χ4v) is 6.43. The highest BCUT2D eigenvalue weighted by molar-refractivity contribution is 7.99. The van der Waals surface area contributed by atoms with Crippen molar-refractivity contribution < 1.29 is 14.0 Å². The minimum absolute atomic E-state index is 0.0218. The summed E-state index contributed by atoms with van der Waals surface area (Å²) in [6, 6.07) is 25.8. The molecular weight excluding hydrogens is 607 g/mol. The van der Waals surface area contributed by atoms with Crippen LogP contribution in [0.5, 0.6) is 0 Å². The molecule has 0 saturated carbocycles. The molecule has 0 radical (unpaired) electrons. The molecule has 5 aromatic rings. The van der Waals surface area contributed by atoms with E-state index in [1.165, 1.54) is 28.9 Å². The lowest BCUT2D eigenvalue weighted by molar-refractivity contribution is -0.130. The van der Waals surface area contributed by atoms with Gasteiger partial charge in [0.05, 0.1) is 34.6 Å². The monoisotopic (exact) mass is 630 g/mol. The third kappa shape index (κ3) is 6.53. The van der Waals surface area contributed by atoms with Crippen LogP contribution in [0.3, 0.4) is 0 Å². The van der Waals surface area contributed by atoms with Gasteiger partial charge in [-0.05, 0) is 59.5 Å². The first-order valence-electron chi connectivity index (χ1n) is 13.3. The minimum Gasteiger partial charge on any atom is -0.345 e. The van der Waals surface area contributed by atoms with Crippen LogP contribution >= 0.6 is 34.7 Å². The Morgan fingerprint density at radius 3 is 2.56 bits per heavy atom. The van der Waals surface area contributed by atoms with Crippen molar-refractivity contribution in [2.45, 2.75) is 24.2 Å². The molecule has 3 heterocycles. The SMILES string of the molecule is O=C(NCc1nnc(SCC(=O)N2N=C(c3cccs3)C[C@@H]2c2ccc(F)cc2)n1-c1cccc(Cl)c1)c1ccccc1. The number of carbonyl (C=O) groups excluding carboxylic acids is 2. The van der Waals surface area contributed by atoms with E-state index in [4.69, 9.17) is 16.7 Å². The van der Waals surface area contributed by atoms with Crippen LogP contribution in [0.4, 0.5) is 4.39 Å². The van der Waals surface area contributed by atoms with Gasteiger partial charge in [-0.2, -0.15) is 5.10 Å². The highest BCUT2D eigenvalue weighted by atomic mass is 35.5. The van der Waals surface area contributed by atoms with Gasteiger partial charge in [-0.1, -0.05) is 65.8 Å². The zero-order valence-corrected chi connectivity index (χ0v) is 25.0. The fraction of sp³-hybridized carbons (Fsp3) is 0.129. The average molecular weight is 631 g/mol. The Balaban J connectivity index is 1.24. The number of halogens is 2. The standard InChI is InChI=1S/C31H24ClFN6O2S2/c32-22-8-4-9-24(16-22)38-28(18-34-30(41)21-6-2-1-3-7-21)35-36-31(38)43-19-29(40)39-26(20-11-13-23(33)14-12-20)17-25(37-39)27-10-5-15-42-27/h1-16,26H,17-19H2,(H,34,41)/t26-/m1/s1. The van der Waals surface area contributed by atoms with Gasteiger partial charge in [-0.15, -0.1) is 21.5 Å². The number of nitrogens with zero attached hydrogens (tertiary/aromatic N) is 5. The maximum atomic E-state index is 13.7. The summed E-state index contributed by atoms with van der Waals surface area (Å²) in [5.41, 5.74) is 2.83. The Morgan fingerprint density at radius 1 is 1.00 bits per heavy atom. The normalized spacial score (nSPS) is 14.5. The van der Waals surface area contributed by atoms with Crippen LogP contribution in [0.25, 0.3) is 5.69 Å². The van der Waals surface area contributed by atoms with Crippen molar-refractivity contribution in [1.82, 2.24) is 25.1 Å². The molecule has 1 N–H and O–H groups in total. The predicted octanol–water partition coefficient (Wildman–Crippen LogP) is 6.52. The van der Waals surface area contributed by atoms with Crippen LogP contribution in [-0.4, -0.2) is 43.1 Å².